The van der Waals surface area contributed by atoms with E-state index in [1.54, 1.807) is 6.92 Å². The summed E-state index contributed by atoms with van der Waals surface area (Å²) in [5.74, 6) is -0.372. The molecule has 0 radical (unpaired) electrons. The number of hydrogen-bond acceptors (Lipinski definition) is 7. The van der Waals surface area contributed by atoms with Gasteiger partial charge in [-0.25, -0.2) is 13.8 Å². The Bertz CT molecular complexity index is 1440. The quantitative estimate of drug-likeness (QED) is 0.397. The molecule has 5 aromatic rings. The number of aromatic nitrogens is 4. The highest BCUT2D eigenvalue weighted by atomic mass is 32.1. The van der Waals surface area contributed by atoms with Crippen LogP contribution in [-0.4, -0.2) is 19.7 Å². The molecule has 5 rings (SSSR count). The van der Waals surface area contributed by atoms with Crippen LogP contribution in [-0.2, 0) is 6.54 Å². The zero-order chi connectivity index (χ0) is 20.8. The summed E-state index contributed by atoms with van der Waals surface area (Å²) in [6.07, 6.45) is 1.33. The molecule has 30 heavy (non-hydrogen) atoms. The molecule has 4 aromatic heterocycles. The third kappa shape index (κ3) is 3.14. The van der Waals surface area contributed by atoms with Gasteiger partial charge in [0.05, 0.1) is 28.0 Å². The van der Waals surface area contributed by atoms with E-state index in [0.29, 0.717) is 32.4 Å². The predicted octanol–water partition coefficient (Wildman–Crippen LogP) is 4.87. The summed E-state index contributed by atoms with van der Waals surface area (Å²) in [6.45, 7) is 1.65. The number of halogens is 2. The third-order valence-corrected chi connectivity index (χ3v) is 6.68. The lowest BCUT2D eigenvalue weighted by Gasteiger charge is -2.07. The molecule has 0 bridgehead atoms. The first-order chi connectivity index (χ1) is 14.5. The van der Waals surface area contributed by atoms with Gasteiger partial charge in [0.2, 0.25) is 5.82 Å². The van der Waals surface area contributed by atoms with Crippen molar-refractivity contribution in [1.82, 2.24) is 19.7 Å². The topological polar surface area (TPSA) is 73.8 Å². The average Bonchev–Trinajstić information content (AvgIpc) is 3.46. The Hall–Kier alpha value is -3.24. The van der Waals surface area contributed by atoms with Crippen LogP contribution in [0.2, 0.25) is 0 Å². The van der Waals surface area contributed by atoms with Gasteiger partial charge in [-0.05, 0) is 42.1 Å². The molecule has 10 heteroatoms. The van der Waals surface area contributed by atoms with E-state index in [9.17, 15) is 13.6 Å². The number of nitrogens with zero attached hydrogens (tertiary/aromatic N) is 4. The fourth-order valence-electron chi connectivity index (χ4n) is 3.15. The third-order valence-electron chi connectivity index (χ3n) is 4.63. The van der Waals surface area contributed by atoms with Crippen molar-refractivity contribution in [3.63, 3.8) is 0 Å². The van der Waals surface area contributed by atoms with E-state index >= 15 is 0 Å². The largest absolute Gasteiger partial charge is 0.333 e. The van der Waals surface area contributed by atoms with Crippen molar-refractivity contribution in [3.05, 3.63) is 75.2 Å². The van der Waals surface area contributed by atoms with Gasteiger partial charge in [-0.15, -0.1) is 22.7 Å². The maximum atomic E-state index is 14.0. The van der Waals surface area contributed by atoms with E-state index in [0.717, 1.165) is 23.1 Å². The van der Waals surface area contributed by atoms with Crippen LogP contribution in [0.4, 0.5) is 8.78 Å². The number of benzene rings is 1. The van der Waals surface area contributed by atoms with Crippen LogP contribution in [0.1, 0.15) is 11.1 Å². The van der Waals surface area contributed by atoms with Crippen molar-refractivity contribution in [1.29, 1.82) is 0 Å². The lowest BCUT2D eigenvalue weighted by atomic mass is 10.2. The molecule has 0 fully saturated rings. The molecular weight excluding hydrogens is 430 g/mol. The first kappa shape index (κ1) is 18.8. The van der Waals surface area contributed by atoms with Gasteiger partial charge in [-0.3, -0.25) is 9.36 Å². The van der Waals surface area contributed by atoms with Gasteiger partial charge in [-0.1, -0.05) is 11.2 Å². The van der Waals surface area contributed by atoms with Gasteiger partial charge in [-0.2, -0.15) is 4.98 Å². The fraction of sp³-hybridized carbons (Fsp3) is 0.100. The van der Waals surface area contributed by atoms with Gasteiger partial charge in [0.1, 0.15) is 16.5 Å². The van der Waals surface area contributed by atoms with Crippen LogP contribution in [0.3, 0.4) is 0 Å². The van der Waals surface area contributed by atoms with Crippen molar-refractivity contribution in [2.75, 3.05) is 0 Å². The maximum absolute atomic E-state index is 14.0. The molecule has 0 saturated carbocycles. The van der Waals surface area contributed by atoms with Crippen LogP contribution in [0.25, 0.3) is 31.7 Å². The molecular formula is C20H12F2N4O2S2. The zero-order valence-corrected chi connectivity index (χ0v) is 17.1. The highest BCUT2D eigenvalue weighted by Gasteiger charge is 2.21. The molecule has 1 aromatic carbocycles. The monoisotopic (exact) mass is 442 g/mol. The Balaban J connectivity index is 1.57. The molecule has 0 aliphatic rings. The normalized spacial score (nSPS) is 11.4. The highest BCUT2D eigenvalue weighted by molar-refractivity contribution is 7.22. The molecule has 6 nitrogen and oxygen atoms in total. The van der Waals surface area contributed by atoms with Crippen LogP contribution in [0.15, 0.2) is 51.4 Å². The average molecular weight is 442 g/mol. The van der Waals surface area contributed by atoms with E-state index in [1.165, 1.54) is 33.6 Å². The number of hydrogen-bond donors (Lipinski definition) is 0. The smallest absolute Gasteiger partial charge is 0.268 e. The van der Waals surface area contributed by atoms with Crippen molar-refractivity contribution in [2.45, 2.75) is 13.5 Å². The number of aryl methyl sites for hydroxylation is 1. The summed E-state index contributed by atoms with van der Waals surface area (Å²) in [7, 11) is 0. The Labute approximate surface area is 176 Å². The predicted molar refractivity (Wildman–Crippen MR) is 111 cm³/mol. The lowest BCUT2D eigenvalue weighted by molar-refractivity contribution is 0.433. The summed E-state index contributed by atoms with van der Waals surface area (Å²) >= 11 is 2.77. The van der Waals surface area contributed by atoms with E-state index in [1.807, 2.05) is 17.5 Å². The Morgan fingerprint density at radius 2 is 2.10 bits per heavy atom. The second-order valence-corrected chi connectivity index (χ2v) is 8.50. The summed E-state index contributed by atoms with van der Waals surface area (Å²) < 4.78 is 34.1. The summed E-state index contributed by atoms with van der Waals surface area (Å²) in [4.78, 5) is 23.8. The van der Waals surface area contributed by atoms with Crippen LogP contribution < -0.4 is 5.56 Å². The molecule has 0 spiro atoms. The van der Waals surface area contributed by atoms with E-state index in [-0.39, 0.29) is 17.7 Å². The van der Waals surface area contributed by atoms with E-state index in [4.69, 9.17) is 4.52 Å². The minimum absolute atomic E-state index is 0.0730. The van der Waals surface area contributed by atoms with Gasteiger partial charge < -0.3 is 4.52 Å². The molecule has 0 N–H and O–H groups in total. The van der Waals surface area contributed by atoms with Crippen molar-refractivity contribution < 1.29 is 13.3 Å². The van der Waals surface area contributed by atoms with Gasteiger partial charge in [0.25, 0.3) is 11.4 Å². The molecule has 150 valence electrons. The van der Waals surface area contributed by atoms with Crippen LogP contribution in [0, 0.1) is 18.6 Å². The van der Waals surface area contributed by atoms with Gasteiger partial charge in [0.15, 0.2) is 0 Å². The fourth-order valence-corrected chi connectivity index (χ4v) is 4.86. The van der Waals surface area contributed by atoms with Gasteiger partial charge in [0, 0.05) is 5.56 Å². The van der Waals surface area contributed by atoms with E-state index in [2.05, 4.69) is 15.1 Å². The second-order valence-electron chi connectivity index (χ2n) is 6.55. The molecule has 0 amide bonds. The summed E-state index contributed by atoms with van der Waals surface area (Å²) in [6, 6.07) is 6.93. The second kappa shape index (κ2) is 7.22. The number of thiophene rings is 2. The lowest BCUT2D eigenvalue weighted by Crippen LogP contribution is -2.21. The molecule has 0 saturated heterocycles. The number of fused-ring (bicyclic) bond motifs is 1. The highest BCUT2D eigenvalue weighted by Crippen LogP contribution is 2.36. The Morgan fingerprint density at radius 1 is 1.23 bits per heavy atom. The zero-order valence-electron chi connectivity index (χ0n) is 15.4. The van der Waals surface area contributed by atoms with Crippen molar-refractivity contribution in [3.8, 4) is 21.5 Å². The van der Waals surface area contributed by atoms with Crippen molar-refractivity contribution in [2.24, 2.45) is 0 Å². The number of rotatable bonds is 4. The van der Waals surface area contributed by atoms with Crippen LogP contribution >= 0.6 is 22.7 Å². The van der Waals surface area contributed by atoms with Gasteiger partial charge >= 0.3 is 0 Å². The summed E-state index contributed by atoms with van der Waals surface area (Å²) in [5, 5.41) is 6.32. The Morgan fingerprint density at radius 3 is 2.90 bits per heavy atom. The Kier molecular flexibility index (Phi) is 4.52. The standard InChI is InChI=1S/C20H12F2N4O2S2/c1-10-15-19(30-16(10)18-24-17(25-28-18)14-3-2-6-29-14)23-9-26(20(15)27)8-11-7-12(21)4-5-13(11)22/h2-7,9H,8H2,1H3. The maximum Gasteiger partial charge on any atom is 0.268 e. The van der Waals surface area contributed by atoms with Crippen LogP contribution in [0.5, 0.6) is 0 Å². The first-order valence-electron chi connectivity index (χ1n) is 8.81. The minimum Gasteiger partial charge on any atom is -0.333 e. The molecule has 0 aliphatic heterocycles. The molecule has 4 heterocycles. The molecule has 0 unspecified atom stereocenters. The summed E-state index contributed by atoms with van der Waals surface area (Å²) in [5.41, 5.74) is 0.383. The first-order valence-corrected chi connectivity index (χ1v) is 10.5. The SMILES string of the molecule is Cc1c(-c2nc(-c3cccs3)no2)sc2ncn(Cc3cc(F)ccc3F)c(=O)c12. The minimum atomic E-state index is -0.585. The van der Waals surface area contributed by atoms with E-state index < -0.39 is 11.6 Å². The molecule has 0 atom stereocenters. The van der Waals surface area contributed by atoms with Crippen molar-refractivity contribution >= 4 is 32.9 Å². The molecule has 0 aliphatic carbocycles.